The summed E-state index contributed by atoms with van der Waals surface area (Å²) in [6.45, 7) is 2.09. The number of likely N-dealkylation sites (tertiary alicyclic amines) is 1. The number of nitrogens with zero attached hydrogens (tertiary/aromatic N) is 1. The van der Waals surface area contributed by atoms with Gasteiger partial charge in [0.1, 0.15) is 5.82 Å². The third kappa shape index (κ3) is 3.89. The van der Waals surface area contributed by atoms with Gasteiger partial charge in [-0.15, -0.1) is 0 Å². The van der Waals surface area contributed by atoms with Crippen molar-refractivity contribution in [3.05, 3.63) is 29.0 Å². The Kier molecular flexibility index (Phi) is 4.74. The lowest BCUT2D eigenvalue weighted by molar-refractivity contribution is -0.117. The summed E-state index contributed by atoms with van der Waals surface area (Å²) < 4.78 is 12.9. The number of rotatable bonds is 4. The molecule has 4 nitrogen and oxygen atoms in total. The van der Waals surface area contributed by atoms with Gasteiger partial charge in [0.05, 0.1) is 17.3 Å². The second-order valence-electron chi connectivity index (χ2n) is 4.68. The largest absolute Gasteiger partial charge is 0.324 e. The Balaban J connectivity index is 1.87. The molecule has 0 saturated carbocycles. The number of benzene rings is 1. The molecule has 2 rings (SSSR count). The van der Waals surface area contributed by atoms with E-state index in [1.807, 2.05) is 7.05 Å². The lowest BCUT2D eigenvalue weighted by Gasteiger charge is -2.15. The first-order valence-corrected chi connectivity index (χ1v) is 6.61. The van der Waals surface area contributed by atoms with Crippen LogP contribution in [0.15, 0.2) is 18.2 Å². The highest BCUT2D eigenvalue weighted by molar-refractivity contribution is 6.33. The second-order valence-corrected chi connectivity index (χ2v) is 5.09. The van der Waals surface area contributed by atoms with Crippen molar-refractivity contribution >= 4 is 23.2 Å². The summed E-state index contributed by atoms with van der Waals surface area (Å²) in [6, 6.07) is 4.37. The molecule has 1 fully saturated rings. The van der Waals surface area contributed by atoms with E-state index < -0.39 is 5.82 Å². The number of halogens is 2. The third-order valence-electron chi connectivity index (χ3n) is 3.25. The monoisotopic (exact) mass is 285 g/mol. The first-order valence-electron chi connectivity index (χ1n) is 6.23. The molecular weight excluding hydrogens is 269 g/mol. The van der Waals surface area contributed by atoms with Crippen LogP contribution in [0.4, 0.5) is 10.1 Å². The summed E-state index contributed by atoms with van der Waals surface area (Å²) in [5.41, 5.74) is 0.442. The van der Waals surface area contributed by atoms with Crippen LogP contribution >= 0.6 is 11.6 Å². The van der Waals surface area contributed by atoms with Crippen LogP contribution in [0.3, 0.4) is 0 Å². The van der Waals surface area contributed by atoms with E-state index in [1.54, 1.807) is 0 Å². The quantitative estimate of drug-likeness (QED) is 0.885. The molecule has 2 N–H and O–H groups in total. The maximum absolute atomic E-state index is 12.9. The minimum atomic E-state index is -0.417. The van der Waals surface area contributed by atoms with Gasteiger partial charge in [0, 0.05) is 19.1 Å². The lowest BCUT2D eigenvalue weighted by Crippen LogP contribution is -2.34. The molecule has 1 heterocycles. The standard InChI is InChI=1S/C13H17ClFN3O/c1-16-10-4-5-18(7-10)8-13(19)17-12-3-2-9(15)6-11(12)14/h2-3,6,10,16H,4-5,7-8H2,1H3,(H,17,19). The molecule has 0 spiro atoms. The summed E-state index contributed by atoms with van der Waals surface area (Å²) in [6.07, 6.45) is 1.04. The second kappa shape index (κ2) is 6.32. The van der Waals surface area contributed by atoms with Crippen LogP contribution in [0, 0.1) is 5.82 Å². The average Bonchev–Trinajstić information content (AvgIpc) is 2.80. The summed E-state index contributed by atoms with van der Waals surface area (Å²) in [5, 5.41) is 6.10. The fraction of sp³-hybridized carbons (Fsp3) is 0.462. The van der Waals surface area contributed by atoms with Crippen LogP contribution in [0.25, 0.3) is 0 Å². The fourth-order valence-corrected chi connectivity index (χ4v) is 2.41. The minimum absolute atomic E-state index is 0.134. The number of hydrogen-bond acceptors (Lipinski definition) is 3. The van der Waals surface area contributed by atoms with Crippen LogP contribution in [-0.4, -0.2) is 43.5 Å². The summed E-state index contributed by atoms with van der Waals surface area (Å²) in [4.78, 5) is 14.0. The molecule has 1 aliphatic rings. The number of amides is 1. The van der Waals surface area contributed by atoms with Crippen LogP contribution in [0.2, 0.25) is 5.02 Å². The van der Waals surface area contributed by atoms with E-state index in [2.05, 4.69) is 15.5 Å². The Bertz CT molecular complexity index is 469. The fourth-order valence-electron chi connectivity index (χ4n) is 2.20. The predicted molar refractivity (Wildman–Crippen MR) is 73.9 cm³/mol. The van der Waals surface area contributed by atoms with Crippen LogP contribution in [-0.2, 0) is 4.79 Å². The zero-order valence-electron chi connectivity index (χ0n) is 10.7. The lowest BCUT2D eigenvalue weighted by atomic mass is 10.3. The molecule has 19 heavy (non-hydrogen) atoms. The Labute approximate surface area is 116 Å². The first kappa shape index (κ1) is 14.2. The van der Waals surface area contributed by atoms with Gasteiger partial charge in [0.15, 0.2) is 0 Å². The molecular formula is C13H17ClFN3O. The molecule has 1 aliphatic heterocycles. The van der Waals surface area contributed by atoms with Crippen LogP contribution in [0.1, 0.15) is 6.42 Å². The van der Waals surface area contributed by atoms with E-state index in [1.165, 1.54) is 18.2 Å². The zero-order valence-corrected chi connectivity index (χ0v) is 11.5. The number of carbonyl (C=O) groups is 1. The highest BCUT2D eigenvalue weighted by Gasteiger charge is 2.22. The van der Waals surface area contributed by atoms with Gasteiger partial charge in [-0.25, -0.2) is 4.39 Å². The molecule has 0 aliphatic carbocycles. The number of nitrogens with one attached hydrogen (secondary N) is 2. The Hall–Kier alpha value is -1.17. The van der Waals surface area contributed by atoms with Crippen molar-refractivity contribution in [2.45, 2.75) is 12.5 Å². The number of anilines is 1. The number of carbonyl (C=O) groups excluding carboxylic acids is 1. The molecule has 1 amide bonds. The van der Waals surface area contributed by atoms with Crippen molar-refractivity contribution in [3.8, 4) is 0 Å². The Morgan fingerprint density at radius 3 is 3.00 bits per heavy atom. The Morgan fingerprint density at radius 1 is 1.58 bits per heavy atom. The maximum Gasteiger partial charge on any atom is 0.238 e. The summed E-state index contributed by atoms with van der Waals surface area (Å²) in [5.74, 6) is -0.551. The molecule has 104 valence electrons. The molecule has 0 radical (unpaired) electrons. The molecule has 0 bridgehead atoms. The minimum Gasteiger partial charge on any atom is -0.324 e. The van der Waals surface area contributed by atoms with Crippen molar-refractivity contribution < 1.29 is 9.18 Å². The molecule has 1 aromatic rings. The zero-order chi connectivity index (χ0) is 13.8. The molecule has 6 heteroatoms. The van der Waals surface area contributed by atoms with E-state index in [-0.39, 0.29) is 10.9 Å². The first-order chi connectivity index (χ1) is 9.08. The molecule has 1 aromatic carbocycles. The normalized spacial score (nSPS) is 19.6. The summed E-state index contributed by atoms with van der Waals surface area (Å²) in [7, 11) is 1.92. The van der Waals surface area contributed by atoms with Crippen LogP contribution < -0.4 is 10.6 Å². The van der Waals surface area contributed by atoms with Crippen molar-refractivity contribution in [1.29, 1.82) is 0 Å². The third-order valence-corrected chi connectivity index (χ3v) is 3.57. The van der Waals surface area contributed by atoms with Gasteiger partial charge in [0.2, 0.25) is 5.91 Å². The number of hydrogen-bond donors (Lipinski definition) is 2. The molecule has 1 saturated heterocycles. The van der Waals surface area contributed by atoms with E-state index in [4.69, 9.17) is 11.6 Å². The smallest absolute Gasteiger partial charge is 0.238 e. The predicted octanol–water partition coefficient (Wildman–Crippen LogP) is 1.71. The van der Waals surface area contributed by atoms with Gasteiger partial charge in [-0.1, -0.05) is 11.6 Å². The van der Waals surface area contributed by atoms with Gasteiger partial charge in [0.25, 0.3) is 0 Å². The van der Waals surface area contributed by atoms with Gasteiger partial charge < -0.3 is 10.6 Å². The molecule has 0 aromatic heterocycles. The number of likely N-dealkylation sites (N-methyl/N-ethyl adjacent to an activating group) is 1. The van der Waals surface area contributed by atoms with Crippen LogP contribution in [0.5, 0.6) is 0 Å². The molecule has 1 unspecified atom stereocenters. The topological polar surface area (TPSA) is 44.4 Å². The van der Waals surface area contributed by atoms with Gasteiger partial charge >= 0.3 is 0 Å². The maximum atomic E-state index is 12.9. The highest BCUT2D eigenvalue weighted by Crippen LogP contribution is 2.22. The van der Waals surface area contributed by atoms with Crippen molar-refractivity contribution in [1.82, 2.24) is 10.2 Å². The van der Waals surface area contributed by atoms with Crippen molar-refractivity contribution in [2.24, 2.45) is 0 Å². The van der Waals surface area contributed by atoms with Crippen molar-refractivity contribution in [3.63, 3.8) is 0 Å². The highest BCUT2D eigenvalue weighted by atomic mass is 35.5. The molecule has 1 atom stereocenters. The summed E-state index contributed by atoms with van der Waals surface area (Å²) >= 11 is 5.86. The SMILES string of the molecule is CNC1CCN(CC(=O)Nc2ccc(F)cc2Cl)C1. The van der Waals surface area contributed by atoms with Gasteiger partial charge in [-0.2, -0.15) is 0 Å². The Morgan fingerprint density at radius 2 is 2.37 bits per heavy atom. The van der Waals surface area contributed by atoms with E-state index >= 15 is 0 Å². The van der Waals surface area contributed by atoms with Gasteiger partial charge in [-0.05, 0) is 31.7 Å². The average molecular weight is 286 g/mol. The van der Waals surface area contributed by atoms with E-state index in [0.29, 0.717) is 18.3 Å². The van der Waals surface area contributed by atoms with Gasteiger partial charge in [-0.3, -0.25) is 9.69 Å². The van der Waals surface area contributed by atoms with Crippen molar-refractivity contribution in [2.75, 3.05) is 32.0 Å². The van der Waals surface area contributed by atoms with E-state index in [9.17, 15) is 9.18 Å². The van der Waals surface area contributed by atoms with E-state index in [0.717, 1.165) is 19.5 Å².